The van der Waals surface area contributed by atoms with Crippen molar-refractivity contribution in [3.05, 3.63) is 169 Å². The Morgan fingerprint density at radius 3 is 1.01 bits per heavy atom. The Bertz CT molecular complexity index is 3310. The quantitative estimate of drug-likeness (QED) is 0.0547. The number of nitrogens with zero attached hydrogens (tertiary/aromatic N) is 3. The van der Waals surface area contributed by atoms with Gasteiger partial charge < -0.3 is 61.9 Å². The summed E-state index contributed by atoms with van der Waals surface area (Å²) in [6.07, 6.45) is -4.75. The van der Waals surface area contributed by atoms with E-state index in [-0.39, 0.29) is 85.4 Å². The van der Waals surface area contributed by atoms with Gasteiger partial charge in [0.1, 0.15) is 40.2 Å². The Kier molecular flexibility index (Phi) is 16.5. The van der Waals surface area contributed by atoms with Gasteiger partial charge in [-0.05, 0) is 42.0 Å². The summed E-state index contributed by atoms with van der Waals surface area (Å²) in [7, 11) is 12.3. The van der Waals surface area contributed by atoms with Gasteiger partial charge in [-0.3, -0.25) is 43.2 Å². The largest absolute Gasteiger partial charge is 0.505 e. The van der Waals surface area contributed by atoms with Crippen molar-refractivity contribution in [3.8, 4) is 17.2 Å². The standard InChI is InChI=1S/C21H18F3N3O4.2C14H15N3O4/c1-27(2)20(31)12-9-6-10-13(16(12)28)25-14-15(18(30)17(14)29)26-19(21(22,23)24)11-7-4-3-5-8-11;2*1-15-9-10(13(20)12(9)19)16-8-6-4-5-7(11(8)18)14(21)17(2)3/h3-10,19,25-26,28H,1-2H3;2*4-6,15-16,18H,1-3H3/t19-;;/m0../s1. The van der Waals surface area contributed by atoms with E-state index in [1.165, 1.54) is 110 Å². The number of aromatic hydroxyl groups is 3. The van der Waals surface area contributed by atoms with Gasteiger partial charge in [0, 0.05) is 56.4 Å². The van der Waals surface area contributed by atoms with Crippen molar-refractivity contribution in [2.24, 2.45) is 0 Å². The summed E-state index contributed by atoms with van der Waals surface area (Å²) in [5, 5.41) is 45.8. The molecule has 7 rings (SSSR count). The fourth-order valence-corrected chi connectivity index (χ4v) is 6.87. The van der Waals surface area contributed by atoms with E-state index in [2.05, 4.69) is 31.9 Å². The molecular weight excluding hydrogens is 964 g/mol. The van der Waals surface area contributed by atoms with Gasteiger partial charge in [0.05, 0.1) is 33.8 Å². The SMILES string of the molecule is CN(C)C(=O)c1cccc(Nc2c(N[C@@H](c3ccccc3)C(F)(F)F)c(=O)c2=O)c1O.CNc1c(Nc2cccc(C(=O)N(C)C)c2O)c(=O)c1=O.CNc1c(Nc2cccc(C(=O)N(C)C)c2O)c(=O)c1=O. The molecule has 0 unspecified atom stereocenters. The molecule has 0 heterocycles. The van der Waals surface area contributed by atoms with Crippen LogP contribution in [0.1, 0.15) is 42.7 Å². The summed E-state index contributed by atoms with van der Waals surface area (Å²) in [5.41, 5.74) is -4.98. The molecule has 3 amide bonds. The summed E-state index contributed by atoms with van der Waals surface area (Å²) in [6.45, 7) is 0. The van der Waals surface area contributed by atoms with Crippen LogP contribution in [-0.4, -0.2) is 110 Å². The lowest BCUT2D eigenvalue weighted by Crippen LogP contribution is -2.40. The van der Waals surface area contributed by atoms with Crippen molar-refractivity contribution in [2.75, 3.05) is 88.3 Å². The third kappa shape index (κ3) is 11.3. The fourth-order valence-electron chi connectivity index (χ4n) is 6.87. The number of alkyl halides is 3. The number of phenolic OH excluding ortho intramolecular Hbond substituents is 3. The molecule has 73 heavy (non-hydrogen) atoms. The summed E-state index contributed by atoms with van der Waals surface area (Å²) < 4.78 is 40.8. The number of amides is 3. The van der Waals surface area contributed by atoms with Gasteiger partial charge in [-0.1, -0.05) is 48.5 Å². The van der Waals surface area contributed by atoms with E-state index in [1.807, 2.05) is 0 Å². The lowest BCUT2D eigenvalue weighted by molar-refractivity contribution is -0.144. The summed E-state index contributed by atoms with van der Waals surface area (Å²) in [5.74, 6) is -2.30. The number of rotatable bonds is 14. The van der Waals surface area contributed by atoms with Crippen molar-refractivity contribution < 1.29 is 42.9 Å². The molecule has 7 aromatic carbocycles. The van der Waals surface area contributed by atoms with Gasteiger partial charge in [-0.15, -0.1) is 0 Å². The van der Waals surface area contributed by atoms with Gasteiger partial charge >= 0.3 is 6.18 Å². The van der Waals surface area contributed by atoms with Crippen molar-refractivity contribution in [2.45, 2.75) is 12.2 Å². The van der Waals surface area contributed by atoms with Gasteiger partial charge in [0.15, 0.2) is 17.2 Å². The van der Waals surface area contributed by atoms with Gasteiger partial charge in [0.2, 0.25) is 0 Å². The molecule has 0 radical (unpaired) electrons. The third-order valence-corrected chi connectivity index (χ3v) is 10.8. The van der Waals surface area contributed by atoms with Crippen LogP contribution >= 0.6 is 0 Å². The maximum Gasteiger partial charge on any atom is 0.412 e. The second kappa shape index (κ2) is 22.1. The van der Waals surface area contributed by atoms with E-state index in [9.17, 15) is 71.6 Å². The van der Waals surface area contributed by atoms with Gasteiger partial charge in [-0.25, -0.2) is 0 Å². The highest BCUT2D eigenvalue weighted by molar-refractivity contribution is 6.01. The molecule has 0 aliphatic rings. The number of hydrogen-bond donors (Lipinski definition) is 9. The first-order chi connectivity index (χ1) is 34.3. The first-order valence-electron chi connectivity index (χ1n) is 21.4. The number of para-hydroxylation sites is 3. The smallest absolute Gasteiger partial charge is 0.412 e. The van der Waals surface area contributed by atoms with Crippen LogP contribution in [0.2, 0.25) is 0 Å². The van der Waals surface area contributed by atoms with Crippen LogP contribution in [0, 0.1) is 0 Å². The molecule has 0 aliphatic heterocycles. The number of anilines is 9. The van der Waals surface area contributed by atoms with Crippen LogP contribution in [0.5, 0.6) is 17.2 Å². The minimum Gasteiger partial charge on any atom is -0.505 e. The Hall–Kier alpha value is -9.48. The van der Waals surface area contributed by atoms with Crippen molar-refractivity contribution in [3.63, 3.8) is 0 Å². The number of nitrogens with one attached hydrogen (secondary N) is 6. The molecule has 0 bridgehead atoms. The number of carbonyl (C=O) groups excluding carboxylic acids is 3. The summed E-state index contributed by atoms with van der Waals surface area (Å²) in [4.78, 5) is 110. The van der Waals surface area contributed by atoms with E-state index in [1.54, 1.807) is 46.4 Å². The van der Waals surface area contributed by atoms with Gasteiger partial charge in [-0.2, -0.15) is 13.2 Å². The van der Waals surface area contributed by atoms with Crippen LogP contribution < -0.4 is 64.5 Å². The van der Waals surface area contributed by atoms with E-state index in [0.717, 1.165) is 0 Å². The highest BCUT2D eigenvalue weighted by Crippen LogP contribution is 2.38. The molecule has 0 aromatic heterocycles. The molecule has 7 aromatic rings. The lowest BCUT2D eigenvalue weighted by Gasteiger charge is -2.25. The van der Waals surface area contributed by atoms with Crippen LogP contribution in [0.3, 0.4) is 0 Å². The van der Waals surface area contributed by atoms with Crippen LogP contribution in [-0.2, 0) is 0 Å². The average Bonchev–Trinajstić information content (AvgIpc) is 3.36. The fraction of sp³-hybridized carbons (Fsp3) is 0.204. The van der Waals surface area contributed by atoms with Crippen molar-refractivity contribution in [1.29, 1.82) is 0 Å². The Balaban J connectivity index is 0.000000209. The zero-order valence-corrected chi connectivity index (χ0v) is 40.2. The first kappa shape index (κ1) is 54.5. The van der Waals surface area contributed by atoms with E-state index in [0.29, 0.717) is 0 Å². The number of carbonyl (C=O) groups is 3. The van der Waals surface area contributed by atoms with Crippen LogP contribution in [0.4, 0.5) is 64.4 Å². The van der Waals surface area contributed by atoms with E-state index in [4.69, 9.17) is 0 Å². The maximum absolute atomic E-state index is 13.6. The predicted molar refractivity (Wildman–Crippen MR) is 270 cm³/mol. The van der Waals surface area contributed by atoms with E-state index >= 15 is 0 Å². The highest BCUT2D eigenvalue weighted by atomic mass is 19.4. The lowest BCUT2D eigenvalue weighted by atomic mass is 10.0. The topological polar surface area (TPSA) is 296 Å². The Morgan fingerprint density at radius 1 is 0.438 bits per heavy atom. The zero-order valence-electron chi connectivity index (χ0n) is 40.2. The number of benzene rings is 4. The number of hydrogen-bond acceptors (Lipinski definition) is 18. The average molecular weight is 1010 g/mol. The first-order valence-corrected chi connectivity index (χ1v) is 21.4. The maximum atomic E-state index is 13.6. The molecule has 9 N–H and O–H groups in total. The monoisotopic (exact) mass is 1010 g/mol. The van der Waals surface area contributed by atoms with Gasteiger partial charge in [0.25, 0.3) is 50.3 Å². The van der Waals surface area contributed by atoms with Crippen molar-refractivity contribution >= 4 is 68.9 Å². The summed E-state index contributed by atoms with van der Waals surface area (Å²) in [6, 6.07) is 17.8. The normalized spacial score (nSPS) is 11.3. The second-order valence-corrected chi connectivity index (χ2v) is 16.3. The number of halogens is 3. The molecule has 0 fully saturated rings. The zero-order chi connectivity index (χ0) is 54.4. The highest BCUT2D eigenvalue weighted by Gasteiger charge is 2.42. The van der Waals surface area contributed by atoms with Crippen LogP contribution in [0.15, 0.2) is 114 Å². The third-order valence-electron chi connectivity index (χ3n) is 10.8. The minimum absolute atomic E-state index is 0.0762. The molecule has 21 nitrogen and oxygen atoms in total. The number of phenols is 3. The predicted octanol–water partition coefficient (Wildman–Crippen LogP) is 4.10. The molecule has 1 atom stereocenters. The molecule has 0 spiro atoms. The molecule has 382 valence electrons. The van der Waals surface area contributed by atoms with Crippen molar-refractivity contribution in [1.82, 2.24) is 14.7 Å². The second-order valence-electron chi connectivity index (χ2n) is 16.3. The molecule has 0 saturated carbocycles. The van der Waals surface area contributed by atoms with Crippen LogP contribution in [0.25, 0.3) is 0 Å². The molecule has 0 aliphatic carbocycles. The molecule has 0 saturated heterocycles. The molecule has 24 heteroatoms. The molecular formula is C49H48F3N9O12. The Morgan fingerprint density at radius 2 is 0.726 bits per heavy atom. The summed E-state index contributed by atoms with van der Waals surface area (Å²) >= 11 is 0. The Labute approximate surface area is 411 Å². The minimum atomic E-state index is -4.75. The van der Waals surface area contributed by atoms with E-state index < -0.39 is 67.8 Å².